The van der Waals surface area contributed by atoms with Crippen molar-refractivity contribution in [1.29, 1.82) is 0 Å². The van der Waals surface area contributed by atoms with E-state index in [0.717, 1.165) is 17.1 Å². The summed E-state index contributed by atoms with van der Waals surface area (Å²) in [4.78, 5) is 0. The summed E-state index contributed by atoms with van der Waals surface area (Å²) < 4.78 is 11.5. The molecule has 1 heterocycles. The Morgan fingerprint density at radius 1 is 1.25 bits per heavy atom. The van der Waals surface area contributed by atoms with Crippen molar-refractivity contribution in [2.75, 3.05) is 0 Å². The number of hydrogen-bond donors (Lipinski definition) is 1. The van der Waals surface area contributed by atoms with Crippen LogP contribution in [0.15, 0.2) is 45.5 Å². The molecule has 0 aliphatic carbocycles. The molecule has 0 saturated carbocycles. The van der Waals surface area contributed by atoms with E-state index in [2.05, 4.69) is 15.9 Å². The van der Waals surface area contributed by atoms with Crippen LogP contribution in [-0.4, -0.2) is 5.11 Å². The SMILES string of the molecule is OCc1cccc(OCc2ccc(Br)o2)c1. The highest BCUT2D eigenvalue weighted by Gasteiger charge is 2.01. The molecule has 0 aliphatic rings. The summed E-state index contributed by atoms with van der Waals surface area (Å²) >= 11 is 3.23. The van der Waals surface area contributed by atoms with Crippen LogP contribution in [0.5, 0.6) is 5.75 Å². The van der Waals surface area contributed by atoms with E-state index in [9.17, 15) is 0 Å². The second-order valence-corrected chi connectivity index (χ2v) is 4.08. The second kappa shape index (κ2) is 5.18. The smallest absolute Gasteiger partial charge is 0.169 e. The van der Waals surface area contributed by atoms with Crippen molar-refractivity contribution in [3.8, 4) is 5.75 Å². The van der Waals surface area contributed by atoms with Gasteiger partial charge in [0, 0.05) is 0 Å². The molecule has 0 spiro atoms. The number of ether oxygens (including phenoxy) is 1. The summed E-state index contributed by atoms with van der Waals surface area (Å²) in [6.45, 7) is 0.393. The maximum atomic E-state index is 8.97. The fourth-order valence-corrected chi connectivity index (χ4v) is 1.66. The molecule has 0 atom stereocenters. The largest absolute Gasteiger partial charge is 0.486 e. The maximum Gasteiger partial charge on any atom is 0.169 e. The van der Waals surface area contributed by atoms with Gasteiger partial charge in [-0.1, -0.05) is 12.1 Å². The predicted molar refractivity (Wildman–Crippen MR) is 63.1 cm³/mol. The van der Waals surface area contributed by atoms with Crippen molar-refractivity contribution in [2.24, 2.45) is 0 Å². The van der Waals surface area contributed by atoms with Gasteiger partial charge in [0.15, 0.2) is 4.67 Å². The summed E-state index contributed by atoms with van der Waals surface area (Å²) in [6, 6.07) is 11.0. The molecule has 1 N–H and O–H groups in total. The molecule has 0 unspecified atom stereocenters. The molecule has 0 amide bonds. The molecule has 0 saturated heterocycles. The quantitative estimate of drug-likeness (QED) is 0.937. The van der Waals surface area contributed by atoms with Crippen LogP contribution in [-0.2, 0) is 13.2 Å². The topological polar surface area (TPSA) is 42.6 Å². The average Bonchev–Trinajstić information content (AvgIpc) is 2.73. The van der Waals surface area contributed by atoms with Gasteiger partial charge in [0.1, 0.15) is 18.1 Å². The van der Waals surface area contributed by atoms with E-state index in [1.165, 1.54) is 0 Å². The minimum atomic E-state index is 0.0174. The molecule has 0 aliphatic heterocycles. The van der Waals surface area contributed by atoms with E-state index in [0.29, 0.717) is 11.3 Å². The van der Waals surface area contributed by atoms with E-state index in [1.54, 1.807) is 6.07 Å². The van der Waals surface area contributed by atoms with Gasteiger partial charge in [-0.2, -0.15) is 0 Å². The molecular weight excluding hydrogens is 272 g/mol. The molecule has 0 bridgehead atoms. The minimum absolute atomic E-state index is 0.0174. The van der Waals surface area contributed by atoms with Crippen LogP contribution in [0, 0.1) is 0 Å². The van der Waals surface area contributed by atoms with Crippen molar-refractivity contribution < 1.29 is 14.3 Å². The lowest BCUT2D eigenvalue weighted by atomic mass is 10.2. The average molecular weight is 283 g/mol. The summed E-state index contributed by atoms with van der Waals surface area (Å²) in [5.41, 5.74) is 0.832. The van der Waals surface area contributed by atoms with E-state index in [4.69, 9.17) is 14.3 Å². The van der Waals surface area contributed by atoms with Crippen molar-refractivity contribution in [2.45, 2.75) is 13.2 Å². The van der Waals surface area contributed by atoms with E-state index in [-0.39, 0.29) is 6.61 Å². The zero-order chi connectivity index (χ0) is 11.4. The molecule has 1 aromatic heterocycles. The second-order valence-electron chi connectivity index (χ2n) is 3.30. The normalized spacial score (nSPS) is 10.4. The van der Waals surface area contributed by atoms with Gasteiger partial charge in [-0.25, -0.2) is 0 Å². The van der Waals surface area contributed by atoms with Crippen LogP contribution in [0.1, 0.15) is 11.3 Å². The van der Waals surface area contributed by atoms with Crippen LogP contribution in [0.2, 0.25) is 0 Å². The van der Waals surface area contributed by atoms with Crippen molar-refractivity contribution >= 4 is 15.9 Å². The highest BCUT2D eigenvalue weighted by Crippen LogP contribution is 2.18. The Bertz CT molecular complexity index is 465. The molecule has 84 valence electrons. The van der Waals surface area contributed by atoms with Crippen molar-refractivity contribution in [3.05, 3.63) is 52.4 Å². The first-order valence-electron chi connectivity index (χ1n) is 4.85. The number of aliphatic hydroxyl groups excluding tert-OH is 1. The van der Waals surface area contributed by atoms with Gasteiger partial charge in [-0.15, -0.1) is 0 Å². The third-order valence-corrected chi connectivity index (χ3v) is 2.52. The maximum absolute atomic E-state index is 8.97. The van der Waals surface area contributed by atoms with Gasteiger partial charge in [0.2, 0.25) is 0 Å². The molecule has 1 aromatic carbocycles. The van der Waals surface area contributed by atoms with Crippen molar-refractivity contribution in [1.82, 2.24) is 0 Å². The van der Waals surface area contributed by atoms with Crippen LogP contribution >= 0.6 is 15.9 Å². The predicted octanol–water partition coefficient (Wildman–Crippen LogP) is 3.11. The zero-order valence-electron chi connectivity index (χ0n) is 8.52. The standard InChI is InChI=1S/C12H11BrO3/c13-12-5-4-11(16-12)8-15-10-3-1-2-9(6-10)7-14/h1-6,14H,7-8H2. The van der Waals surface area contributed by atoms with Gasteiger partial charge in [0.25, 0.3) is 0 Å². The lowest BCUT2D eigenvalue weighted by molar-refractivity contribution is 0.263. The van der Waals surface area contributed by atoms with E-state index < -0.39 is 0 Å². The first-order chi connectivity index (χ1) is 7.78. The Labute approximate surface area is 102 Å². The van der Waals surface area contributed by atoms with Gasteiger partial charge >= 0.3 is 0 Å². The minimum Gasteiger partial charge on any atom is -0.486 e. The van der Waals surface area contributed by atoms with Gasteiger partial charge in [-0.3, -0.25) is 0 Å². The summed E-state index contributed by atoms with van der Waals surface area (Å²) in [5, 5.41) is 8.97. The van der Waals surface area contributed by atoms with E-state index in [1.807, 2.05) is 30.3 Å². The summed E-state index contributed by atoms with van der Waals surface area (Å²) in [5.74, 6) is 1.47. The molecule has 3 nitrogen and oxygen atoms in total. The fourth-order valence-electron chi connectivity index (χ4n) is 1.32. The Hall–Kier alpha value is -1.26. The van der Waals surface area contributed by atoms with Gasteiger partial charge in [0.05, 0.1) is 6.61 Å². The third kappa shape index (κ3) is 2.87. The Kier molecular flexibility index (Phi) is 3.64. The van der Waals surface area contributed by atoms with Crippen LogP contribution in [0.25, 0.3) is 0 Å². The number of halogens is 1. The number of rotatable bonds is 4. The van der Waals surface area contributed by atoms with Crippen LogP contribution in [0.4, 0.5) is 0 Å². The van der Waals surface area contributed by atoms with Gasteiger partial charge in [-0.05, 0) is 45.8 Å². The molecule has 0 fully saturated rings. The zero-order valence-corrected chi connectivity index (χ0v) is 10.1. The summed E-state index contributed by atoms with van der Waals surface area (Å²) in [7, 11) is 0. The highest BCUT2D eigenvalue weighted by atomic mass is 79.9. The number of furan rings is 1. The molecule has 4 heteroatoms. The first-order valence-corrected chi connectivity index (χ1v) is 5.64. The molecule has 2 aromatic rings. The fraction of sp³-hybridized carbons (Fsp3) is 0.167. The lowest BCUT2D eigenvalue weighted by Crippen LogP contribution is -1.94. The van der Waals surface area contributed by atoms with Gasteiger partial charge < -0.3 is 14.3 Å². The number of hydrogen-bond acceptors (Lipinski definition) is 3. The molecule has 16 heavy (non-hydrogen) atoms. The molecular formula is C12H11BrO3. The van der Waals surface area contributed by atoms with Crippen LogP contribution in [0.3, 0.4) is 0 Å². The monoisotopic (exact) mass is 282 g/mol. The first kappa shape index (κ1) is 11.2. The molecule has 2 rings (SSSR count). The lowest BCUT2D eigenvalue weighted by Gasteiger charge is -2.05. The Morgan fingerprint density at radius 2 is 2.12 bits per heavy atom. The van der Waals surface area contributed by atoms with Crippen LogP contribution < -0.4 is 4.74 Å². The third-order valence-electron chi connectivity index (χ3n) is 2.09. The summed E-state index contributed by atoms with van der Waals surface area (Å²) in [6.07, 6.45) is 0. The Balaban J connectivity index is 1.99. The Morgan fingerprint density at radius 3 is 2.81 bits per heavy atom. The number of benzene rings is 1. The number of aliphatic hydroxyl groups is 1. The van der Waals surface area contributed by atoms with Crippen molar-refractivity contribution in [3.63, 3.8) is 0 Å². The van der Waals surface area contributed by atoms with E-state index >= 15 is 0 Å². The highest BCUT2D eigenvalue weighted by molar-refractivity contribution is 9.10. The molecule has 0 radical (unpaired) electrons.